The van der Waals surface area contributed by atoms with Crippen LogP contribution in [0, 0.1) is 6.92 Å². The number of hydrogen-bond donors (Lipinski definition) is 2. The Hall–Kier alpha value is -1.29. The van der Waals surface area contributed by atoms with E-state index >= 15 is 0 Å². The summed E-state index contributed by atoms with van der Waals surface area (Å²) in [5.74, 6) is 0. The fourth-order valence-corrected chi connectivity index (χ4v) is 3.15. The molecular weight excluding hydrogens is 348 g/mol. The van der Waals surface area contributed by atoms with Crippen molar-refractivity contribution < 1.29 is 0 Å². The van der Waals surface area contributed by atoms with Crippen LogP contribution in [0.1, 0.15) is 22.9 Å². The Morgan fingerprint density at radius 2 is 1.90 bits per heavy atom. The van der Waals surface area contributed by atoms with Gasteiger partial charge in [-0.3, -0.25) is 0 Å². The molecule has 4 heteroatoms. The SMILES string of the molecule is Cc1[nH]c2ccc(Br)cc2c1CC(N)c1ccc(Cl)cc1. The molecule has 1 atom stereocenters. The van der Waals surface area contributed by atoms with Crippen molar-refractivity contribution in [2.45, 2.75) is 19.4 Å². The lowest BCUT2D eigenvalue weighted by molar-refractivity contribution is 0.722. The fourth-order valence-electron chi connectivity index (χ4n) is 2.67. The van der Waals surface area contributed by atoms with Gasteiger partial charge in [-0.15, -0.1) is 0 Å². The Morgan fingerprint density at radius 3 is 2.62 bits per heavy atom. The number of nitrogens with two attached hydrogens (primary N) is 1. The van der Waals surface area contributed by atoms with Crippen molar-refractivity contribution in [1.29, 1.82) is 0 Å². The van der Waals surface area contributed by atoms with E-state index in [9.17, 15) is 0 Å². The second kappa shape index (κ2) is 5.84. The van der Waals surface area contributed by atoms with E-state index in [1.807, 2.05) is 30.3 Å². The minimum Gasteiger partial charge on any atom is -0.358 e. The van der Waals surface area contributed by atoms with Gasteiger partial charge in [0, 0.05) is 32.1 Å². The molecule has 3 aromatic rings. The number of halogens is 2. The highest BCUT2D eigenvalue weighted by atomic mass is 79.9. The average molecular weight is 364 g/mol. The molecule has 2 nitrogen and oxygen atoms in total. The Bertz CT molecular complexity index is 777. The van der Waals surface area contributed by atoms with Crippen LogP contribution in [0.2, 0.25) is 5.02 Å². The van der Waals surface area contributed by atoms with Gasteiger partial charge in [-0.05, 0) is 54.8 Å². The average Bonchev–Trinajstić information content (AvgIpc) is 2.76. The monoisotopic (exact) mass is 362 g/mol. The summed E-state index contributed by atoms with van der Waals surface area (Å²) in [5.41, 5.74) is 11.1. The van der Waals surface area contributed by atoms with Gasteiger partial charge in [0.1, 0.15) is 0 Å². The van der Waals surface area contributed by atoms with Crippen LogP contribution < -0.4 is 5.73 Å². The maximum Gasteiger partial charge on any atom is 0.0459 e. The largest absolute Gasteiger partial charge is 0.358 e. The molecule has 0 bridgehead atoms. The molecule has 0 aliphatic carbocycles. The van der Waals surface area contributed by atoms with E-state index in [0.717, 1.165) is 27.0 Å². The maximum atomic E-state index is 6.37. The minimum absolute atomic E-state index is 0.0426. The number of rotatable bonds is 3. The molecule has 1 aromatic heterocycles. The molecule has 3 rings (SSSR count). The van der Waals surface area contributed by atoms with E-state index < -0.39 is 0 Å². The molecule has 0 saturated heterocycles. The first kappa shape index (κ1) is 14.6. The zero-order chi connectivity index (χ0) is 15.0. The van der Waals surface area contributed by atoms with E-state index in [1.165, 1.54) is 16.6 Å². The summed E-state index contributed by atoms with van der Waals surface area (Å²) in [6.07, 6.45) is 0.796. The summed E-state index contributed by atoms with van der Waals surface area (Å²) < 4.78 is 1.08. The Kier molecular flexibility index (Phi) is 4.07. The van der Waals surface area contributed by atoms with Crippen LogP contribution in [0.15, 0.2) is 46.9 Å². The standard InChI is InChI=1S/C17H16BrClN2/c1-10-14(15-8-12(18)4-7-17(15)21-10)9-16(20)11-2-5-13(19)6-3-11/h2-8,16,21H,9,20H2,1H3. The highest BCUT2D eigenvalue weighted by molar-refractivity contribution is 9.10. The third-order valence-electron chi connectivity index (χ3n) is 3.80. The van der Waals surface area contributed by atoms with Crippen molar-refractivity contribution in [1.82, 2.24) is 4.98 Å². The highest BCUT2D eigenvalue weighted by Crippen LogP contribution is 2.29. The Balaban J connectivity index is 1.95. The number of aromatic nitrogens is 1. The summed E-state index contributed by atoms with van der Waals surface area (Å²) in [5, 5.41) is 1.96. The number of benzene rings is 2. The van der Waals surface area contributed by atoms with E-state index in [1.54, 1.807) is 0 Å². The summed E-state index contributed by atoms with van der Waals surface area (Å²) in [4.78, 5) is 3.42. The third kappa shape index (κ3) is 3.00. The first-order valence-electron chi connectivity index (χ1n) is 6.82. The number of fused-ring (bicyclic) bond motifs is 1. The summed E-state index contributed by atoms with van der Waals surface area (Å²) in [7, 11) is 0. The summed E-state index contributed by atoms with van der Waals surface area (Å²) >= 11 is 9.46. The molecule has 2 aromatic carbocycles. The zero-order valence-electron chi connectivity index (χ0n) is 11.7. The molecule has 0 amide bonds. The molecule has 0 fully saturated rings. The molecule has 1 unspecified atom stereocenters. The third-order valence-corrected chi connectivity index (χ3v) is 4.55. The molecule has 0 radical (unpaired) electrons. The predicted molar refractivity (Wildman–Crippen MR) is 92.8 cm³/mol. The zero-order valence-corrected chi connectivity index (χ0v) is 14.0. The van der Waals surface area contributed by atoms with Gasteiger partial charge in [-0.2, -0.15) is 0 Å². The quantitative estimate of drug-likeness (QED) is 0.665. The van der Waals surface area contributed by atoms with Gasteiger partial charge >= 0.3 is 0 Å². The molecule has 21 heavy (non-hydrogen) atoms. The first-order chi connectivity index (χ1) is 10.0. The van der Waals surface area contributed by atoms with Gasteiger partial charge in [0.25, 0.3) is 0 Å². The number of aromatic amines is 1. The van der Waals surface area contributed by atoms with Crippen molar-refractivity contribution in [2.75, 3.05) is 0 Å². The number of H-pyrrole nitrogens is 1. The van der Waals surface area contributed by atoms with Gasteiger partial charge in [-0.1, -0.05) is 39.7 Å². The van der Waals surface area contributed by atoms with E-state index in [4.69, 9.17) is 17.3 Å². The predicted octanol–water partition coefficient (Wildman–Crippen LogP) is 5.13. The fraction of sp³-hybridized carbons (Fsp3) is 0.176. The summed E-state index contributed by atoms with van der Waals surface area (Å²) in [6.45, 7) is 2.10. The van der Waals surface area contributed by atoms with Crippen LogP contribution in [0.3, 0.4) is 0 Å². The van der Waals surface area contributed by atoms with Crippen LogP contribution >= 0.6 is 27.5 Å². The molecule has 1 heterocycles. The lowest BCUT2D eigenvalue weighted by Gasteiger charge is -2.12. The van der Waals surface area contributed by atoms with Crippen molar-refractivity contribution >= 4 is 38.4 Å². The van der Waals surface area contributed by atoms with Gasteiger partial charge in [0.15, 0.2) is 0 Å². The van der Waals surface area contributed by atoms with E-state index in [0.29, 0.717) is 0 Å². The molecule has 0 aliphatic heterocycles. The summed E-state index contributed by atoms with van der Waals surface area (Å²) in [6, 6.07) is 14.0. The lowest BCUT2D eigenvalue weighted by Crippen LogP contribution is -2.13. The van der Waals surface area contributed by atoms with Crippen LogP contribution in [0.5, 0.6) is 0 Å². The molecular formula is C17H16BrClN2. The molecule has 3 N–H and O–H groups in total. The van der Waals surface area contributed by atoms with Gasteiger partial charge in [0.2, 0.25) is 0 Å². The van der Waals surface area contributed by atoms with Crippen molar-refractivity contribution in [2.24, 2.45) is 5.73 Å². The van der Waals surface area contributed by atoms with Crippen molar-refractivity contribution in [3.8, 4) is 0 Å². The van der Waals surface area contributed by atoms with Crippen molar-refractivity contribution in [3.63, 3.8) is 0 Å². The highest BCUT2D eigenvalue weighted by Gasteiger charge is 2.14. The number of hydrogen-bond acceptors (Lipinski definition) is 1. The van der Waals surface area contributed by atoms with Crippen LogP contribution in [-0.2, 0) is 6.42 Å². The van der Waals surface area contributed by atoms with Crippen LogP contribution in [-0.4, -0.2) is 4.98 Å². The normalized spacial score (nSPS) is 12.8. The second-order valence-electron chi connectivity index (χ2n) is 5.28. The molecule has 0 aliphatic rings. The Morgan fingerprint density at radius 1 is 1.19 bits per heavy atom. The molecule has 108 valence electrons. The smallest absolute Gasteiger partial charge is 0.0459 e. The first-order valence-corrected chi connectivity index (χ1v) is 7.99. The van der Waals surface area contributed by atoms with E-state index in [-0.39, 0.29) is 6.04 Å². The molecule has 0 spiro atoms. The molecule has 0 saturated carbocycles. The van der Waals surface area contributed by atoms with Crippen LogP contribution in [0.4, 0.5) is 0 Å². The van der Waals surface area contributed by atoms with Gasteiger partial charge < -0.3 is 10.7 Å². The number of nitrogens with one attached hydrogen (secondary N) is 1. The Labute approximate surface area is 137 Å². The minimum atomic E-state index is -0.0426. The lowest BCUT2D eigenvalue weighted by atomic mass is 9.98. The van der Waals surface area contributed by atoms with E-state index in [2.05, 4.69) is 40.0 Å². The van der Waals surface area contributed by atoms with Gasteiger partial charge in [0.05, 0.1) is 0 Å². The topological polar surface area (TPSA) is 41.8 Å². The van der Waals surface area contributed by atoms with Crippen molar-refractivity contribution in [3.05, 3.63) is 68.8 Å². The second-order valence-corrected chi connectivity index (χ2v) is 6.63. The maximum absolute atomic E-state index is 6.37. The number of aryl methyl sites for hydroxylation is 1. The van der Waals surface area contributed by atoms with Gasteiger partial charge in [-0.25, -0.2) is 0 Å². The van der Waals surface area contributed by atoms with Crippen LogP contribution in [0.25, 0.3) is 10.9 Å².